The Hall–Kier alpha value is -1.81. The average Bonchev–Trinajstić information content (AvgIpc) is 2.77. The number of imidazole rings is 1. The third-order valence-electron chi connectivity index (χ3n) is 2.58. The maximum absolute atomic E-state index is 5.99. The van der Waals surface area contributed by atoms with Gasteiger partial charge in [-0.25, -0.2) is 4.98 Å². The van der Waals surface area contributed by atoms with Crippen molar-refractivity contribution in [2.24, 2.45) is 5.73 Å². The Balaban J connectivity index is 2.44. The van der Waals surface area contributed by atoms with E-state index in [9.17, 15) is 0 Å². The van der Waals surface area contributed by atoms with Gasteiger partial charge in [0.1, 0.15) is 11.6 Å². The number of ether oxygens (including phenoxy) is 1. The van der Waals surface area contributed by atoms with Crippen LogP contribution in [0.1, 0.15) is 19.7 Å². The first-order valence-corrected chi connectivity index (χ1v) is 5.50. The van der Waals surface area contributed by atoms with Gasteiger partial charge < -0.3 is 15.5 Å². The lowest BCUT2D eigenvalue weighted by Crippen LogP contribution is -2.30. The molecule has 17 heavy (non-hydrogen) atoms. The maximum atomic E-state index is 5.99. The van der Waals surface area contributed by atoms with Crippen molar-refractivity contribution >= 4 is 0 Å². The van der Waals surface area contributed by atoms with Crippen LogP contribution >= 0.6 is 0 Å². The number of rotatable bonds is 3. The van der Waals surface area contributed by atoms with Gasteiger partial charge >= 0.3 is 0 Å². The van der Waals surface area contributed by atoms with Crippen LogP contribution in [0.5, 0.6) is 5.75 Å². The lowest BCUT2D eigenvalue weighted by molar-refractivity contribution is 0.416. The van der Waals surface area contributed by atoms with E-state index >= 15 is 0 Å². The number of methoxy groups -OCH3 is 1. The molecule has 0 aliphatic heterocycles. The summed E-state index contributed by atoms with van der Waals surface area (Å²) < 4.78 is 5.32. The van der Waals surface area contributed by atoms with Gasteiger partial charge in [0.2, 0.25) is 0 Å². The molecule has 3 N–H and O–H groups in total. The summed E-state index contributed by atoms with van der Waals surface area (Å²) in [6.45, 7) is 3.83. The molecule has 0 unspecified atom stereocenters. The number of nitrogens with zero attached hydrogens (tertiary/aromatic N) is 1. The van der Waals surface area contributed by atoms with Crippen molar-refractivity contribution in [2.45, 2.75) is 19.4 Å². The molecule has 0 atom stereocenters. The van der Waals surface area contributed by atoms with Crippen molar-refractivity contribution in [3.63, 3.8) is 0 Å². The van der Waals surface area contributed by atoms with Gasteiger partial charge in [-0.05, 0) is 26.0 Å². The normalized spacial score (nSPS) is 11.5. The van der Waals surface area contributed by atoms with Crippen molar-refractivity contribution in [3.05, 3.63) is 36.3 Å². The average molecular weight is 231 g/mol. The van der Waals surface area contributed by atoms with E-state index in [1.165, 1.54) is 0 Å². The smallest absolute Gasteiger partial charge is 0.128 e. The minimum absolute atomic E-state index is 0.472. The molecular weight excluding hydrogens is 214 g/mol. The zero-order valence-electron chi connectivity index (χ0n) is 10.3. The standard InChI is InChI=1S/C13H17N3O/c1-13(2,14)12-15-8-10(16-12)9-6-4-5-7-11(9)17-3/h4-8H,14H2,1-3H3,(H,15,16). The van der Waals surface area contributed by atoms with Crippen LogP contribution in [-0.4, -0.2) is 17.1 Å². The number of H-pyrrole nitrogens is 1. The number of benzene rings is 1. The maximum Gasteiger partial charge on any atom is 0.128 e. The second kappa shape index (κ2) is 4.22. The zero-order valence-corrected chi connectivity index (χ0v) is 10.3. The van der Waals surface area contributed by atoms with E-state index in [-0.39, 0.29) is 0 Å². The summed E-state index contributed by atoms with van der Waals surface area (Å²) in [7, 11) is 1.66. The highest BCUT2D eigenvalue weighted by molar-refractivity contribution is 5.66. The molecule has 1 heterocycles. The largest absolute Gasteiger partial charge is 0.496 e. The van der Waals surface area contributed by atoms with Crippen LogP contribution in [0, 0.1) is 0 Å². The van der Waals surface area contributed by atoms with Crippen molar-refractivity contribution < 1.29 is 4.74 Å². The van der Waals surface area contributed by atoms with Gasteiger partial charge in [-0.1, -0.05) is 12.1 Å². The lowest BCUT2D eigenvalue weighted by Gasteiger charge is -2.14. The molecule has 1 aromatic carbocycles. The van der Waals surface area contributed by atoms with E-state index in [0.717, 1.165) is 22.8 Å². The van der Waals surface area contributed by atoms with Gasteiger partial charge in [0.05, 0.1) is 24.5 Å². The number of nitrogens with two attached hydrogens (primary N) is 1. The van der Waals surface area contributed by atoms with Crippen LogP contribution in [-0.2, 0) is 5.54 Å². The molecule has 4 nitrogen and oxygen atoms in total. The Bertz CT molecular complexity index is 511. The molecule has 0 aliphatic rings. The molecule has 0 radical (unpaired) electrons. The highest BCUT2D eigenvalue weighted by Gasteiger charge is 2.19. The minimum Gasteiger partial charge on any atom is -0.496 e. The summed E-state index contributed by atoms with van der Waals surface area (Å²) in [5.41, 5.74) is 7.42. The molecule has 2 aromatic rings. The fourth-order valence-corrected chi connectivity index (χ4v) is 1.65. The number of hydrogen-bond acceptors (Lipinski definition) is 3. The van der Waals surface area contributed by atoms with Crippen LogP contribution in [0.25, 0.3) is 11.3 Å². The SMILES string of the molecule is COc1ccccc1-c1cnc(C(C)(C)N)[nH]1. The summed E-state index contributed by atoms with van der Waals surface area (Å²) >= 11 is 0. The van der Waals surface area contributed by atoms with Crippen LogP contribution in [0.15, 0.2) is 30.5 Å². The number of hydrogen-bond donors (Lipinski definition) is 2. The molecular formula is C13H17N3O. The van der Waals surface area contributed by atoms with Gasteiger partial charge in [0.15, 0.2) is 0 Å². The summed E-state index contributed by atoms with van der Waals surface area (Å²) in [5.74, 6) is 1.58. The van der Waals surface area contributed by atoms with Crippen LogP contribution in [0.3, 0.4) is 0 Å². The van der Waals surface area contributed by atoms with Crippen LogP contribution in [0.4, 0.5) is 0 Å². The third-order valence-corrected chi connectivity index (χ3v) is 2.58. The first kappa shape index (κ1) is 11.7. The fraction of sp³-hybridized carbons (Fsp3) is 0.308. The molecule has 4 heteroatoms. The van der Waals surface area contributed by atoms with Gasteiger partial charge in [0, 0.05) is 5.56 Å². The second-order valence-electron chi connectivity index (χ2n) is 4.57. The summed E-state index contributed by atoms with van der Waals surface area (Å²) in [6.07, 6.45) is 1.78. The topological polar surface area (TPSA) is 63.9 Å². The summed E-state index contributed by atoms with van der Waals surface area (Å²) in [5, 5.41) is 0. The Kier molecular flexibility index (Phi) is 2.90. The van der Waals surface area contributed by atoms with Crippen LogP contribution in [0.2, 0.25) is 0 Å². The predicted molar refractivity (Wildman–Crippen MR) is 67.8 cm³/mol. The second-order valence-corrected chi connectivity index (χ2v) is 4.57. The summed E-state index contributed by atoms with van der Waals surface area (Å²) in [6, 6.07) is 7.81. The highest BCUT2D eigenvalue weighted by Crippen LogP contribution is 2.29. The van der Waals surface area contributed by atoms with E-state index in [1.807, 2.05) is 38.1 Å². The van der Waals surface area contributed by atoms with Gasteiger partial charge in [-0.3, -0.25) is 0 Å². The first-order chi connectivity index (χ1) is 8.02. The Morgan fingerprint density at radius 2 is 2.00 bits per heavy atom. The number of aromatic nitrogens is 2. The van der Waals surface area contributed by atoms with Crippen molar-refractivity contribution in [1.29, 1.82) is 0 Å². The number of para-hydroxylation sites is 1. The summed E-state index contributed by atoms with van der Waals surface area (Å²) in [4.78, 5) is 7.53. The van der Waals surface area contributed by atoms with E-state index in [4.69, 9.17) is 10.5 Å². The fourth-order valence-electron chi connectivity index (χ4n) is 1.65. The van der Waals surface area contributed by atoms with E-state index in [1.54, 1.807) is 13.3 Å². The van der Waals surface area contributed by atoms with E-state index < -0.39 is 5.54 Å². The van der Waals surface area contributed by atoms with Crippen molar-refractivity contribution in [1.82, 2.24) is 9.97 Å². The molecule has 0 spiro atoms. The molecule has 2 rings (SSSR count). The Morgan fingerprint density at radius 3 is 2.59 bits per heavy atom. The lowest BCUT2D eigenvalue weighted by atomic mass is 10.1. The molecule has 0 aliphatic carbocycles. The highest BCUT2D eigenvalue weighted by atomic mass is 16.5. The van der Waals surface area contributed by atoms with Gasteiger partial charge in [0.25, 0.3) is 0 Å². The minimum atomic E-state index is -0.472. The molecule has 1 aromatic heterocycles. The Morgan fingerprint density at radius 1 is 1.29 bits per heavy atom. The molecule has 0 saturated heterocycles. The van der Waals surface area contributed by atoms with Gasteiger partial charge in [-0.15, -0.1) is 0 Å². The van der Waals surface area contributed by atoms with E-state index in [0.29, 0.717) is 0 Å². The first-order valence-electron chi connectivity index (χ1n) is 5.50. The number of nitrogens with one attached hydrogen (secondary N) is 1. The predicted octanol–water partition coefficient (Wildman–Crippen LogP) is 2.28. The van der Waals surface area contributed by atoms with Crippen LogP contribution < -0.4 is 10.5 Å². The molecule has 0 bridgehead atoms. The van der Waals surface area contributed by atoms with Crippen molar-refractivity contribution in [2.75, 3.05) is 7.11 Å². The Labute approximate surface area is 101 Å². The molecule has 0 fully saturated rings. The quantitative estimate of drug-likeness (QED) is 0.851. The molecule has 90 valence electrons. The monoisotopic (exact) mass is 231 g/mol. The van der Waals surface area contributed by atoms with E-state index in [2.05, 4.69) is 9.97 Å². The number of aromatic amines is 1. The van der Waals surface area contributed by atoms with Gasteiger partial charge in [-0.2, -0.15) is 0 Å². The molecule has 0 saturated carbocycles. The zero-order chi connectivity index (χ0) is 12.5. The molecule has 0 amide bonds. The van der Waals surface area contributed by atoms with Crippen molar-refractivity contribution in [3.8, 4) is 17.0 Å². The third kappa shape index (κ3) is 2.31.